The van der Waals surface area contributed by atoms with Gasteiger partial charge in [0.1, 0.15) is 29.2 Å². The summed E-state index contributed by atoms with van der Waals surface area (Å²) in [6, 6.07) is 13.1. The van der Waals surface area contributed by atoms with Gasteiger partial charge in [-0.1, -0.05) is 18.2 Å². The standard InChI is InChI=1S/C23H22N2O4S3/c1-28-16-6-4-14(5-7-16)10-29-22(27)23(12-25-20(26)19(24)21(25)32-13-23)18-9-15(11-31-18)17-3-2-8-30-17/h2-9,11,19,21H,10,12-13,24H2,1H3/t19-,21-,23?/m1/s1. The third-order valence-corrected chi connectivity index (χ3v) is 9.52. The van der Waals surface area contributed by atoms with Crippen LogP contribution in [-0.2, 0) is 26.3 Å². The lowest BCUT2D eigenvalue weighted by molar-refractivity contribution is -0.156. The quantitative estimate of drug-likeness (QED) is 0.423. The second-order valence-electron chi connectivity index (χ2n) is 7.88. The largest absolute Gasteiger partial charge is 0.497 e. The van der Waals surface area contributed by atoms with Crippen LogP contribution < -0.4 is 10.5 Å². The van der Waals surface area contributed by atoms with Crippen molar-refractivity contribution < 1.29 is 19.1 Å². The summed E-state index contributed by atoms with van der Waals surface area (Å²) < 4.78 is 11.0. The lowest BCUT2D eigenvalue weighted by Crippen LogP contribution is -2.72. The summed E-state index contributed by atoms with van der Waals surface area (Å²) in [5.74, 6) is 0.858. The minimum atomic E-state index is -0.913. The average Bonchev–Trinajstić information content (AvgIpc) is 3.54. The van der Waals surface area contributed by atoms with Gasteiger partial charge in [0.15, 0.2) is 0 Å². The van der Waals surface area contributed by atoms with E-state index in [0.717, 1.165) is 26.6 Å². The van der Waals surface area contributed by atoms with Gasteiger partial charge in [-0.05, 0) is 40.6 Å². The second-order valence-corrected chi connectivity index (χ2v) is 10.8. The predicted octanol–water partition coefficient (Wildman–Crippen LogP) is 3.71. The van der Waals surface area contributed by atoms with Crippen LogP contribution in [0.2, 0.25) is 0 Å². The third-order valence-electron chi connectivity index (χ3n) is 5.92. The summed E-state index contributed by atoms with van der Waals surface area (Å²) in [7, 11) is 1.61. The number of hydrogen-bond donors (Lipinski definition) is 1. The summed E-state index contributed by atoms with van der Waals surface area (Å²) >= 11 is 4.77. The number of hydrogen-bond acceptors (Lipinski definition) is 8. The molecule has 2 N–H and O–H groups in total. The van der Waals surface area contributed by atoms with E-state index in [4.69, 9.17) is 15.2 Å². The highest BCUT2D eigenvalue weighted by Gasteiger charge is 2.57. The van der Waals surface area contributed by atoms with Crippen molar-refractivity contribution in [2.45, 2.75) is 23.4 Å². The van der Waals surface area contributed by atoms with E-state index >= 15 is 0 Å². The first-order valence-electron chi connectivity index (χ1n) is 10.1. The number of amides is 1. The fraction of sp³-hybridized carbons (Fsp3) is 0.304. The molecule has 2 saturated heterocycles. The smallest absolute Gasteiger partial charge is 0.320 e. The number of nitrogens with two attached hydrogens (primary N) is 1. The minimum Gasteiger partial charge on any atom is -0.497 e. The zero-order valence-electron chi connectivity index (χ0n) is 17.4. The Morgan fingerprint density at radius 2 is 2.06 bits per heavy atom. The molecular formula is C23H22N2O4S3. The number of esters is 1. The summed E-state index contributed by atoms with van der Waals surface area (Å²) in [5.41, 5.74) is 7.02. The molecule has 2 fully saturated rings. The van der Waals surface area contributed by atoms with Crippen LogP contribution in [0.1, 0.15) is 10.4 Å². The van der Waals surface area contributed by atoms with Crippen LogP contribution in [0.4, 0.5) is 0 Å². The number of benzene rings is 1. The number of nitrogens with zero attached hydrogens (tertiary/aromatic N) is 1. The lowest BCUT2D eigenvalue weighted by atomic mass is 9.85. The SMILES string of the molecule is COc1ccc(COC(=O)C2(c3cc(-c4cccs4)cs3)CS[C@@H]3[C@H](N)C(=O)N3C2)cc1. The molecule has 0 spiro atoms. The molecule has 0 bridgehead atoms. The molecule has 2 aliphatic rings. The van der Waals surface area contributed by atoms with Crippen molar-refractivity contribution >= 4 is 46.3 Å². The Kier molecular flexibility index (Phi) is 5.75. The molecule has 2 aromatic heterocycles. The van der Waals surface area contributed by atoms with Crippen molar-refractivity contribution in [1.29, 1.82) is 0 Å². The number of carbonyl (C=O) groups is 2. The van der Waals surface area contributed by atoms with E-state index in [9.17, 15) is 9.59 Å². The molecule has 6 nitrogen and oxygen atoms in total. The molecule has 1 unspecified atom stereocenters. The molecule has 0 saturated carbocycles. The van der Waals surface area contributed by atoms with Gasteiger partial charge in [0.05, 0.1) is 7.11 Å². The Bertz CT molecular complexity index is 1130. The van der Waals surface area contributed by atoms with Gasteiger partial charge >= 0.3 is 5.97 Å². The molecule has 166 valence electrons. The summed E-state index contributed by atoms with van der Waals surface area (Å²) in [5, 5.41) is 4.04. The van der Waals surface area contributed by atoms with Crippen molar-refractivity contribution in [3.63, 3.8) is 0 Å². The van der Waals surface area contributed by atoms with Gasteiger partial charge in [-0.25, -0.2) is 0 Å². The monoisotopic (exact) mass is 486 g/mol. The van der Waals surface area contributed by atoms with Crippen molar-refractivity contribution in [3.05, 3.63) is 63.7 Å². The summed E-state index contributed by atoms with van der Waals surface area (Å²) in [4.78, 5) is 29.7. The van der Waals surface area contributed by atoms with Crippen LogP contribution in [0, 0.1) is 0 Å². The van der Waals surface area contributed by atoms with Crippen molar-refractivity contribution in [3.8, 4) is 16.2 Å². The van der Waals surface area contributed by atoms with Gasteiger partial charge in [-0.2, -0.15) is 0 Å². The second kappa shape index (κ2) is 8.55. The lowest BCUT2D eigenvalue weighted by Gasteiger charge is -2.52. The predicted molar refractivity (Wildman–Crippen MR) is 128 cm³/mol. The zero-order chi connectivity index (χ0) is 22.3. The maximum absolute atomic E-state index is 13.6. The fourth-order valence-electron chi connectivity index (χ4n) is 4.02. The molecule has 3 aromatic rings. The number of thioether (sulfide) groups is 1. The molecule has 2 aliphatic heterocycles. The summed E-state index contributed by atoms with van der Waals surface area (Å²) in [6.07, 6.45) is 0. The first-order valence-corrected chi connectivity index (χ1v) is 12.9. The summed E-state index contributed by atoms with van der Waals surface area (Å²) in [6.45, 7) is 0.457. The Morgan fingerprint density at radius 1 is 1.25 bits per heavy atom. The molecule has 4 heterocycles. The van der Waals surface area contributed by atoms with Crippen LogP contribution >= 0.6 is 34.4 Å². The van der Waals surface area contributed by atoms with Crippen molar-refractivity contribution in [2.75, 3.05) is 19.4 Å². The number of thiophene rings is 2. The number of rotatable bonds is 6. The first kappa shape index (κ1) is 21.5. The first-order chi connectivity index (χ1) is 15.5. The molecule has 0 radical (unpaired) electrons. The molecular weight excluding hydrogens is 464 g/mol. The van der Waals surface area contributed by atoms with Gasteiger partial charge in [-0.15, -0.1) is 34.4 Å². The van der Waals surface area contributed by atoms with Crippen molar-refractivity contribution in [2.24, 2.45) is 5.73 Å². The van der Waals surface area contributed by atoms with Gasteiger partial charge in [0.25, 0.3) is 0 Å². The van der Waals surface area contributed by atoms with Crippen LogP contribution in [0.15, 0.2) is 53.2 Å². The zero-order valence-corrected chi connectivity index (χ0v) is 19.8. The normalized spacial score (nSPS) is 24.6. The Morgan fingerprint density at radius 3 is 2.78 bits per heavy atom. The number of ether oxygens (including phenoxy) is 2. The van der Waals surface area contributed by atoms with Crippen LogP contribution in [0.25, 0.3) is 10.4 Å². The Balaban J connectivity index is 1.42. The van der Waals surface area contributed by atoms with E-state index in [0.29, 0.717) is 12.3 Å². The van der Waals surface area contributed by atoms with E-state index < -0.39 is 11.5 Å². The van der Waals surface area contributed by atoms with Crippen LogP contribution in [-0.4, -0.2) is 47.6 Å². The Hall–Kier alpha value is -2.33. The molecule has 1 amide bonds. The highest BCUT2D eigenvalue weighted by atomic mass is 32.2. The number of methoxy groups -OCH3 is 1. The third kappa shape index (κ3) is 3.63. The topological polar surface area (TPSA) is 81.9 Å². The molecule has 1 aromatic carbocycles. The molecule has 3 atom stereocenters. The maximum Gasteiger partial charge on any atom is 0.320 e. The maximum atomic E-state index is 13.6. The number of β-lactam (4-membered cyclic amide) rings is 1. The van der Waals surface area contributed by atoms with E-state index in [1.165, 1.54) is 0 Å². The van der Waals surface area contributed by atoms with E-state index in [1.54, 1.807) is 46.4 Å². The molecule has 0 aliphatic carbocycles. The fourth-order valence-corrected chi connectivity index (χ4v) is 7.49. The van der Waals surface area contributed by atoms with Gasteiger partial charge < -0.3 is 20.1 Å². The Labute approximate surface area is 198 Å². The molecule has 9 heteroatoms. The van der Waals surface area contributed by atoms with Crippen molar-refractivity contribution in [1.82, 2.24) is 4.90 Å². The minimum absolute atomic E-state index is 0.0678. The van der Waals surface area contributed by atoms with Gasteiger partial charge in [0, 0.05) is 27.6 Å². The molecule has 32 heavy (non-hydrogen) atoms. The van der Waals surface area contributed by atoms with Gasteiger partial charge in [0.2, 0.25) is 5.91 Å². The highest BCUT2D eigenvalue weighted by molar-refractivity contribution is 8.00. The average molecular weight is 487 g/mol. The van der Waals surface area contributed by atoms with E-state index in [-0.39, 0.29) is 23.9 Å². The van der Waals surface area contributed by atoms with E-state index in [1.807, 2.05) is 35.7 Å². The van der Waals surface area contributed by atoms with E-state index in [2.05, 4.69) is 17.5 Å². The van der Waals surface area contributed by atoms with Gasteiger partial charge in [-0.3, -0.25) is 9.59 Å². The molecule has 5 rings (SSSR count). The highest BCUT2D eigenvalue weighted by Crippen LogP contribution is 2.46. The van der Waals surface area contributed by atoms with Crippen LogP contribution in [0.5, 0.6) is 5.75 Å². The number of carbonyl (C=O) groups excluding carboxylic acids is 2. The number of fused-ring (bicyclic) bond motifs is 1. The van der Waals surface area contributed by atoms with Crippen LogP contribution in [0.3, 0.4) is 0 Å².